The first-order valence-electron chi connectivity index (χ1n) is 15.5. The molecule has 0 aliphatic carbocycles. The summed E-state index contributed by atoms with van der Waals surface area (Å²) in [6.45, 7) is 0. The van der Waals surface area contributed by atoms with Crippen molar-refractivity contribution in [2.24, 2.45) is 0 Å². The molecule has 0 unspecified atom stereocenters. The Morgan fingerprint density at radius 3 is 1.62 bits per heavy atom. The lowest BCUT2D eigenvalue weighted by Crippen LogP contribution is -1.97. The SMILES string of the molecule is c1ccc2c(c1)Oc1cc3cc(-c4ccc5cc(-c6ccc7c(ccc8ccccc87)c6)ccc5c4)ccc3c3cccc-2c13. The van der Waals surface area contributed by atoms with Crippen LogP contribution in [-0.2, 0) is 0 Å². The van der Waals surface area contributed by atoms with Gasteiger partial charge in [-0.25, -0.2) is 0 Å². The van der Waals surface area contributed by atoms with E-state index in [2.05, 4.69) is 152 Å². The summed E-state index contributed by atoms with van der Waals surface area (Å²) < 4.78 is 6.45. The molecule has 0 N–H and O–H groups in total. The first-order chi connectivity index (χ1) is 22.3. The molecule has 45 heavy (non-hydrogen) atoms. The van der Waals surface area contributed by atoms with Gasteiger partial charge in [0, 0.05) is 10.9 Å². The van der Waals surface area contributed by atoms with Crippen molar-refractivity contribution in [3.05, 3.63) is 158 Å². The van der Waals surface area contributed by atoms with Crippen molar-refractivity contribution in [1.82, 2.24) is 0 Å². The lowest BCUT2D eigenvalue weighted by molar-refractivity contribution is 0.487. The molecule has 0 saturated carbocycles. The number of hydrogen-bond donors (Lipinski definition) is 0. The van der Waals surface area contributed by atoms with Crippen molar-refractivity contribution in [2.75, 3.05) is 0 Å². The maximum Gasteiger partial charge on any atom is 0.136 e. The van der Waals surface area contributed by atoms with Crippen LogP contribution in [-0.4, -0.2) is 0 Å². The maximum atomic E-state index is 6.45. The molecule has 208 valence electrons. The summed E-state index contributed by atoms with van der Waals surface area (Å²) in [5.41, 5.74) is 7.28. The molecule has 0 atom stereocenters. The van der Waals surface area contributed by atoms with E-state index in [4.69, 9.17) is 4.74 Å². The second kappa shape index (κ2) is 9.29. The van der Waals surface area contributed by atoms with Crippen LogP contribution in [0, 0.1) is 0 Å². The molecule has 0 saturated heterocycles. The van der Waals surface area contributed by atoms with Gasteiger partial charge in [0.1, 0.15) is 11.5 Å². The Labute approximate surface area is 260 Å². The molecule has 1 nitrogen and oxygen atoms in total. The topological polar surface area (TPSA) is 9.23 Å². The van der Waals surface area contributed by atoms with Crippen LogP contribution in [0.3, 0.4) is 0 Å². The zero-order chi connectivity index (χ0) is 29.5. The van der Waals surface area contributed by atoms with E-state index in [0.717, 1.165) is 17.1 Å². The van der Waals surface area contributed by atoms with E-state index in [1.165, 1.54) is 81.7 Å². The van der Waals surface area contributed by atoms with Crippen LogP contribution in [0.2, 0.25) is 0 Å². The van der Waals surface area contributed by atoms with Crippen LogP contribution in [0.1, 0.15) is 0 Å². The van der Waals surface area contributed by atoms with E-state index in [1.807, 2.05) is 6.07 Å². The monoisotopic (exact) mass is 570 g/mol. The Morgan fingerprint density at radius 2 is 0.822 bits per heavy atom. The zero-order valence-corrected chi connectivity index (χ0v) is 24.4. The molecule has 0 fully saturated rings. The van der Waals surface area contributed by atoms with Gasteiger partial charge < -0.3 is 4.74 Å². The maximum absolute atomic E-state index is 6.45. The van der Waals surface area contributed by atoms with Crippen molar-refractivity contribution in [3.63, 3.8) is 0 Å². The number of hydrogen-bond acceptors (Lipinski definition) is 1. The predicted octanol–water partition coefficient (Wildman–Crippen LogP) is 12.6. The molecule has 0 radical (unpaired) electrons. The normalized spacial score (nSPS) is 12.2. The lowest BCUT2D eigenvalue weighted by Gasteiger charge is -2.22. The Balaban J connectivity index is 1.04. The van der Waals surface area contributed by atoms with Crippen LogP contribution < -0.4 is 4.74 Å². The van der Waals surface area contributed by atoms with Gasteiger partial charge in [-0.3, -0.25) is 0 Å². The standard InChI is InChI=1S/C44H26O/c1-2-7-36-27(6-1)12-17-34-24-32(18-20-37(34)36)30-15-13-29-23-31(16-14-28(29)22-30)33-19-21-38-35(25-33)26-43-44-40(38)9-5-10-41(44)39-8-3-4-11-42(39)45-43/h1-26H. The molecule has 9 aromatic carbocycles. The fourth-order valence-corrected chi connectivity index (χ4v) is 7.36. The van der Waals surface area contributed by atoms with Crippen LogP contribution in [0.25, 0.3) is 87.2 Å². The lowest BCUT2D eigenvalue weighted by atomic mass is 9.90. The van der Waals surface area contributed by atoms with Gasteiger partial charge >= 0.3 is 0 Å². The molecule has 1 heterocycles. The highest BCUT2D eigenvalue weighted by Crippen LogP contribution is 2.48. The van der Waals surface area contributed by atoms with Crippen molar-refractivity contribution in [3.8, 4) is 44.9 Å². The van der Waals surface area contributed by atoms with E-state index >= 15 is 0 Å². The van der Waals surface area contributed by atoms with Gasteiger partial charge in [0.15, 0.2) is 0 Å². The van der Waals surface area contributed by atoms with Crippen LogP contribution in [0.15, 0.2) is 158 Å². The number of ether oxygens (including phenoxy) is 1. The van der Waals surface area contributed by atoms with Crippen LogP contribution in [0.5, 0.6) is 11.5 Å². The van der Waals surface area contributed by atoms with Crippen LogP contribution in [0.4, 0.5) is 0 Å². The van der Waals surface area contributed by atoms with Crippen molar-refractivity contribution in [2.45, 2.75) is 0 Å². The molecule has 0 bridgehead atoms. The molecule has 0 aromatic heterocycles. The average molecular weight is 571 g/mol. The number of rotatable bonds is 2. The molecule has 0 amide bonds. The Kier molecular flexibility index (Phi) is 5.06. The quantitative estimate of drug-likeness (QED) is 0.188. The largest absolute Gasteiger partial charge is 0.456 e. The van der Waals surface area contributed by atoms with Crippen LogP contribution >= 0.6 is 0 Å². The highest BCUT2D eigenvalue weighted by molar-refractivity contribution is 6.17. The highest BCUT2D eigenvalue weighted by Gasteiger charge is 2.21. The third kappa shape index (κ3) is 3.74. The molecular formula is C44H26O. The zero-order valence-electron chi connectivity index (χ0n) is 24.4. The van der Waals surface area contributed by atoms with Gasteiger partial charge in [-0.05, 0) is 113 Å². The molecule has 1 aliphatic rings. The van der Waals surface area contributed by atoms with E-state index in [9.17, 15) is 0 Å². The Bertz CT molecular complexity index is 2680. The summed E-state index contributed by atoms with van der Waals surface area (Å²) in [5.74, 6) is 1.84. The minimum atomic E-state index is 0.916. The summed E-state index contributed by atoms with van der Waals surface area (Å²) in [7, 11) is 0. The number of para-hydroxylation sites is 1. The van der Waals surface area contributed by atoms with Gasteiger partial charge in [0.25, 0.3) is 0 Å². The molecule has 0 spiro atoms. The molecule has 1 heteroatoms. The average Bonchev–Trinajstić information content (AvgIpc) is 3.10. The first-order valence-corrected chi connectivity index (χ1v) is 15.5. The number of fused-ring (bicyclic) bond motifs is 8. The summed E-state index contributed by atoms with van der Waals surface area (Å²) in [4.78, 5) is 0. The third-order valence-electron chi connectivity index (χ3n) is 9.59. The molecule has 10 rings (SSSR count). The molecule has 9 aromatic rings. The summed E-state index contributed by atoms with van der Waals surface area (Å²) in [5, 5.41) is 12.5. The summed E-state index contributed by atoms with van der Waals surface area (Å²) >= 11 is 0. The predicted molar refractivity (Wildman–Crippen MR) is 190 cm³/mol. The minimum Gasteiger partial charge on any atom is -0.456 e. The van der Waals surface area contributed by atoms with Gasteiger partial charge in [-0.15, -0.1) is 0 Å². The van der Waals surface area contributed by atoms with Crippen molar-refractivity contribution >= 4 is 53.9 Å². The van der Waals surface area contributed by atoms with E-state index in [0.29, 0.717) is 0 Å². The smallest absolute Gasteiger partial charge is 0.136 e. The fraction of sp³-hybridized carbons (Fsp3) is 0. The summed E-state index contributed by atoms with van der Waals surface area (Å²) in [6, 6.07) is 57.4. The fourth-order valence-electron chi connectivity index (χ4n) is 7.36. The first kappa shape index (κ1) is 24.5. The van der Waals surface area contributed by atoms with Gasteiger partial charge in [-0.1, -0.05) is 121 Å². The van der Waals surface area contributed by atoms with E-state index in [-0.39, 0.29) is 0 Å². The van der Waals surface area contributed by atoms with Crippen molar-refractivity contribution < 1.29 is 4.74 Å². The second-order valence-corrected chi connectivity index (χ2v) is 12.1. The second-order valence-electron chi connectivity index (χ2n) is 12.1. The molecular weight excluding hydrogens is 544 g/mol. The number of benzene rings is 9. The summed E-state index contributed by atoms with van der Waals surface area (Å²) in [6.07, 6.45) is 0. The Morgan fingerprint density at radius 1 is 0.289 bits per heavy atom. The highest BCUT2D eigenvalue weighted by atomic mass is 16.5. The van der Waals surface area contributed by atoms with Gasteiger partial charge in [0.2, 0.25) is 0 Å². The molecule has 1 aliphatic heterocycles. The third-order valence-corrected chi connectivity index (χ3v) is 9.59. The van der Waals surface area contributed by atoms with Crippen molar-refractivity contribution in [1.29, 1.82) is 0 Å². The van der Waals surface area contributed by atoms with Gasteiger partial charge in [-0.2, -0.15) is 0 Å². The van der Waals surface area contributed by atoms with E-state index in [1.54, 1.807) is 0 Å². The Hall–Kier alpha value is -5.92. The minimum absolute atomic E-state index is 0.916. The van der Waals surface area contributed by atoms with E-state index < -0.39 is 0 Å². The van der Waals surface area contributed by atoms with Gasteiger partial charge in [0.05, 0.1) is 0 Å².